The Morgan fingerprint density at radius 3 is 2.33 bits per heavy atom. The maximum atomic E-state index is 9.72. The van der Waals surface area contributed by atoms with E-state index >= 15 is 0 Å². The van der Waals surface area contributed by atoms with Crippen LogP contribution >= 0.6 is 0 Å². The third kappa shape index (κ3) is 3.24. The first-order chi connectivity index (χ1) is 7.19. The highest BCUT2D eigenvalue weighted by Gasteiger charge is 2.12. The summed E-state index contributed by atoms with van der Waals surface area (Å²) in [6, 6.07) is 7.61. The van der Waals surface area contributed by atoms with Crippen LogP contribution in [0.25, 0.3) is 0 Å². The van der Waals surface area contributed by atoms with Crippen LogP contribution in [0, 0.1) is 0 Å². The third-order valence-electron chi connectivity index (χ3n) is 2.89. The zero-order chi connectivity index (χ0) is 11.3. The molecular formula is C13H21NO. The van der Waals surface area contributed by atoms with E-state index in [2.05, 4.69) is 25.7 Å². The van der Waals surface area contributed by atoms with Crippen LogP contribution in [0.2, 0.25) is 0 Å². The second-order valence-electron chi connectivity index (χ2n) is 3.95. The molecule has 0 aromatic heterocycles. The number of phenols is 1. The second kappa shape index (κ2) is 5.76. The molecule has 1 unspecified atom stereocenters. The van der Waals surface area contributed by atoms with Crippen molar-refractivity contribution in [1.82, 2.24) is 4.90 Å². The fourth-order valence-electron chi connectivity index (χ4n) is 1.87. The topological polar surface area (TPSA) is 23.5 Å². The summed E-state index contributed by atoms with van der Waals surface area (Å²) in [5, 5.41) is 9.72. The third-order valence-corrected chi connectivity index (χ3v) is 2.89. The SMILES string of the molecule is CCN(CC)CC(C)c1ccccc1O. The Morgan fingerprint density at radius 1 is 1.20 bits per heavy atom. The summed E-state index contributed by atoms with van der Waals surface area (Å²) in [5.74, 6) is 0.795. The van der Waals surface area contributed by atoms with Gasteiger partial charge in [-0.2, -0.15) is 0 Å². The van der Waals surface area contributed by atoms with Gasteiger partial charge in [-0.05, 0) is 30.6 Å². The second-order valence-corrected chi connectivity index (χ2v) is 3.95. The van der Waals surface area contributed by atoms with Crippen LogP contribution in [0.5, 0.6) is 5.75 Å². The molecule has 0 aliphatic carbocycles. The van der Waals surface area contributed by atoms with Crippen LogP contribution in [-0.4, -0.2) is 29.6 Å². The lowest BCUT2D eigenvalue weighted by molar-refractivity contribution is 0.286. The van der Waals surface area contributed by atoms with Gasteiger partial charge in [-0.1, -0.05) is 39.0 Å². The Morgan fingerprint density at radius 2 is 1.80 bits per heavy atom. The minimum Gasteiger partial charge on any atom is -0.508 e. The molecule has 0 saturated heterocycles. The molecule has 0 aliphatic heterocycles. The average Bonchev–Trinajstić information content (AvgIpc) is 2.26. The molecule has 2 heteroatoms. The first-order valence-corrected chi connectivity index (χ1v) is 5.69. The first-order valence-electron chi connectivity index (χ1n) is 5.69. The number of hydrogen-bond acceptors (Lipinski definition) is 2. The summed E-state index contributed by atoms with van der Waals surface area (Å²) in [7, 11) is 0. The lowest BCUT2D eigenvalue weighted by Gasteiger charge is -2.23. The lowest BCUT2D eigenvalue weighted by atomic mass is 9.99. The van der Waals surface area contributed by atoms with Gasteiger partial charge >= 0.3 is 0 Å². The van der Waals surface area contributed by atoms with Crippen LogP contribution in [0.4, 0.5) is 0 Å². The minimum absolute atomic E-state index is 0.381. The predicted octanol–water partition coefficient (Wildman–Crippen LogP) is 2.84. The van der Waals surface area contributed by atoms with E-state index in [1.165, 1.54) is 0 Å². The molecule has 15 heavy (non-hydrogen) atoms. The normalized spacial score (nSPS) is 13.1. The van der Waals surface area contributed by atoms with E-state index in [1.807, 2.05) is 18.2 Å². The van der Waals surface area contributed by atoms with Gasteiger partial charge in [0.1, 0.15) is 5.75 Å². The summed E-state index contributed by atoms with van der Waals surface area (Å²) in [6.07, 6.45) is 0. The maximum absolute atomic E-state index is 9.72. The molecule has 0 spiro atoms. The molecule has 1 rings (SSSR count). The van der Waals surface area contributed by atoms with Crippen LogP contribution in [0.15, 0.2) is 24.3 Å². The Balaban J connectivity index is 2.68. The highest BCUT2D eigenvalue weighted by molar-refractivity contribution is 5.34. The molecule has 84 valence electrons. The van der Waals surface area contributed by atoms with Crippen LogP contribution in [-0.2, 0) is 0 Å². The van der Waals surface area contributed by atoms with E-state index in [0.717, 1.165) is 25.2 Å². The molecular weight excluding hydrogens is 186 g/mol. The molecule has 1 aromatic rings. The molecule has 2 nitrogen and oxygen atoms in total. The molecule has 0 saturated carbocycles. The molecule has 1 atom stereocenters. The van der Waals surface area contributed by atoms with Crippen molar-refractivity contribution in [3.05, 3.63) is 29.8 Å². The standard InChI is InChI=1S/C13H21NO/c1-4-14(5-2)10-11(3)12-8-6-7-9-13(12)15/h6-9,11,15H,4-5,10H2,1-3H3. The summed E-state index contributed by atoms with van der Waals surface area (Å²) < 4.78 is 0. The fourth-order valence-corrected chi connectivity index (χ4v) is 1.87. The summed E-state index contributed by atoms with van der Waals surface area (Å²) in [6.45, 7) is 9.63. The summed E-state index contributed by atoms with van der Waals surface area (Å²) in [5.41, 5.74) is 1.05. The van der Waals surface area contributed by atoms with Gasteiger partial charge in [0.2, 0.25) is 0 Å². The molecule has 0 aliphatic rings. The van der Waals surface area contributed by atoms with E-state index < -0.39 is 0 Å². The van der Waals surface area contributed by atoms with Crippen LogP contribution < -0.4 is 0 Å². The quantitative estimate of drug-likeness (QED) is 0.802. The number of aromatic hydroxyl groups is 1. The molecule has 0 amide bonds. The number of benzene rings is 1. The maximum Gasteiger partial charge on any atom is 0.119 e. The van der Waals surface area contributed by atoms with Gasteiger partial charge in [-0.3, -0.25) is 0 Å². The largest absolute Gasteiger partial charge is 0.508 e. The van der Waals surface area contributed by atoms with Gasteiger partial charge in [0.05, 0.1) is 0 Å². The highest BCUT2D eigenvalue weighted by Crippen LogP contribution is 2.25. The molecule has 0 fully saturated rings. The number of phenolic OH excluding ortho intramolecular Hbond substituents is 1. The van der Waals surface area contributed by atoms with E-state index in [4.69, 9.17) is 0 Å². The van der Waals surface area contributed by atoms with Crippen molar-refractivity contribution < 1.29 is 5.11 Å². The van der Waals surface area contributed by atoms with Gasteiger partial charge in [-0.25, -0.2) is 0 Å². The van der Waals surface area contributed by atoms with Crippen molar-refractivity contribution in [3.8, 4) is 5.75 Å². The molecule has 1 aromatic carbocycles. The number of hydrogen-bond donors (Lipinski definition) is 1. The number of nitrogens with zero attached hydrogens (tertiary/aromatic N) is 1. The average molecular weight is 207 g/mol. The van der Waals surface area contributed by atoms with E-state index in [1.54, 1.807) is 6.07 Å². The minimum atomic E-state index is 0.381. The van der Waals surface area contributed by atoms with Gasteiger partial charge < -0.3 is 10.0 Å². The van der Waals surface area contributed by atoms with Gasteiger partial charge in [0.25, 0.3) is 0 Å². The van der Waals surface area contributed by atoms with Gasteiger partial charge in [0.15, 0.2) is 0 Å². The molecule has 1 N–H and O–H groups in total. The number of para-hydroxylation sites is 1. The number of likely N-dealkylation sites (N-methyl/N-ethyl adjacent to an activating group) is 1. The van der Waals surface area contributed by atoms with E-state index in [-0.39, 0.29) is 0 Å². The smallest absolute Gasteiger partial charge is 0.119 e. The summed E-state index contributed by atoms with van der Waals surface area (Å²) >= 11 is 0. The molecule has 0 heterocycles. The van der Waals surface area contributed by atoms with Crippen molar-refractivity contribution in [2.24, 2.45) is 0 Å². The van der Waals surface area contributed by atoms with Crippen LogP contribution in [0.1, 0.15) is 32.3 Å². The van der Waals surface area contributed by atoms with Crippen molar-refractivity contribution in [1.29, 1.82) is 0 Å². The lowest BCUT2D eigenvalue weighted by Crippen LogP contribution is -2.27. The van der Waals surface area contributed by atoms with Crippen molar-refractivity contribution in [2.75, 3.05) is 19.6 Å². The number of rotatable bonds is 5. The summed E-state index contributed by atoms with van der Waals surface area (Å²) in [4.78, 5) is 2.37. The fraction of sp³-hybridized carbons (Fsp3) is 0.538. The van der Waals surface area contributed by atoms with Crippen LogP contribution in [0.3, 0.4) is 0 Å². The monoisotopic (exact) mass is 207 g/mol. The molecule has 0 bridgehead atoms. The molecule has 0 radical (unpaired) electrons. The Bertz CT molecular complexity index is 294. The predicted molar refractivity (Wildman–Crippen MR) is 64.3 cm³/mol. The van der Waals surface area contributed by atoms with E-state index in [0.29, 0.717) is 11.7 Å². The van der Waals surface area contributed by atoms with Crippen molar-refractivity contribution in [2.45, 2.75) is 26.7 Å². The van der Waals surface area contributed by atoms with Gasteiger partial charge in [0, 0.05) is 6.54 Å². The first kappa shape index (κ1) is 12.1. The zero-order valence-electron chi connectivity index (χ0n) is 9.90. The Hall–Kier alpha value is -1.02. The zero-order valence-corrected chi connectivity index (χ0v) is 9.90. The van der Waals surface area contributed by atoms with Gasteiger partial charge in [-0.15, -0.1) is 0 Å². The Labute approximate surface area is 92.5 Å². The van der Waals surface area contributed by atoms with Crippen molar-refractivity contribution >= 4 is 0 Å². The highest BCUT2D eigenvalue weighted by atomic mass is 16.3. The van der Waals surface area contributed by atoms with E-state index in [9.17, 15) is 5.11 Å². The van der Waals surface area contributed by atoms with Crippen molar-refractivity contribution in [3.63, 3.8) is 0 Å². The Kier molecular flexibility index (Phi) is 4.63.